The molecule has 1 aliphatic heterocycles. The van der Waals surface area contributed by atoms with Gasteiger partial charge < -0.3 is 24.4 Å². The number of nitrogens with one attached hydrogen (secondary N) is 1. The number of rotatable bonds is 6. The van der Waals surface area contributed by atoms with Gasteiger partial charge in [0.25, 0.3) is 0 Å². The normalized spacial score (nSPS) is 14.6. The first kappa shape index (κ1) is 16.4. The molecule has 0 unspecified atom stereocenters. The largest absolute Gasteiger partial charge is 0.492 e. The Balaban J connectivity index is 2.40. The van der Waals surface area contributed by atoms with Gasteiger partial charge in [-0.1, -0.05) is 0 Å². The number of amides is 1. The molecule has 1 amide bonds. The Kier molecular flexibility index (Phi) is 5.89. The zero-order valence-electron chi connectivity index (χ0n) is 13.5. The number of ether oxygens (including phenoxy) is 3. The fraction of sp³-hybridized carbons (Fsp3) is 0.562. The van der Waals surface area contributed by atoms with Gasteiger partial charge in [-0.15, -0.1) is 0 Å². The Morgan fingerprint density at radius 1 is 1.18 bits per heavy atom. The maximum absolute atomic E-state index is 11.4. The van der Waals surface area contributed by atoms with E-state index in [2.05, 4.69) is 10.2 Å². The number of benzene rings is 1. The quantitative estimate of drug-likeness (QED) is 0.873. The molecule has 6 heteroatoms. The number of hydrogen-bond donors (Lipinski definition) is 1. The van der Waals surface area contributed by atoms with E-state index in [1.54, 1.807) is 0 Å². The first-order valence-electron chi connectivity index (χ1n) is 7.69. The molecule has 22 heavy (non-hydrogen) atoms. The molecule has 1 aliphatic rings. The second-order valence-electron chi connectivity index (χ2n) is 4.96. The third kappa shape index (κ3) is 4.04. The minimum Gasteiger partial charge on any atom is -0.492 e. The average Bonchev–Trinajstić information content (AvgIpc) is 2.50. The Hall–Kier alpha value is -1.95. The number of carbonyl (C=O) groups excluding carboxylic acids is 1. The van der Waals surface area contributed by atoms with Gasteiger partial charge in [0.05, 0.1) is 37.8 Å². The van der Waals surface area contributed by atoms with Crippen LogP contribution in [0.3, 0.4) is 0 Å². The summed E-state index contributed by atoms with van der Waals surface area (Å²) in [5, 5.41) is 2.80. The molecule has 0 atom stereocenters. The van der Waals surface area contributed by atoms with Crippen molar-refractivity contribution in [1.29, 1.82) is 0 Å². The third-order valence-corrected chi connectivity index (χ3v) is 3.32. The number of hydrogen-bond acceptors (Lipinski definition) is 5. The highest BCUT2D eigenvalue weighted by molar-refractivity contribution is 5.91. The van der Waals surface area contributed by atoms with E-state index in [0.717, 1.165) is 24.5 Å². The van der Waals surface area contributed by atoms with Gasteiger partial charge in [0.2, 0.25) is 5.91 Å². The highest BCUT2D eigenvalue weighted by Gasteiger charge is 2.19. The molecule has 1 fully saturated rings. The molecule has 1 saturated heterocycles. The first-order chi connectivity index (χ1) is 10.7. The summed E-state index contributed by atoms with van der Waals surface area (Å²) in [7, 11) is 0. The summed E-state index contributed by atoms with van der Waals surface area (Å²) in [5.74, 6) is 1.27. The molecule has 6 nitrogen and oxygen atoms in total. The van der Waals surface area contributed by atoms with Crippen molar-refractivity contribution in [1.82, 2.24) is 0 Å². The highest BCUT2D eigenvalue weighted by atomic mass is 16.5. The second kappa shape index (κ2) is 7.89. The van der Waals surface area contributed by atoms with E-state index in [0.29, 0.717) is 37.9 Å². The fourth-order valence-corrected chi connectivity index (χ4v) is 2.43. The van der Waals surface area contributed by atoms with Crippen LogP contribution in [-0.2, 0) is 9.53 Å². The lowest BCUT2D eigenvalue weighted by atomic mass is 10.2. The summed E-state index contributed by atoms with van der Waals surface area (Å²) in [6.45, 7) is 9.45. The molecule has 1 heterocycles. The average molecular weight is 308 g/mol. The van der Waals surface area contributed by atoms with Crippen LogP contribution in [0, 0.1) is 0 Å². The lowest BCUT2D eigenvalue weighted by Crippen LogP contribution is -2.36. The predicted molar refractivity (Wildman–Crippen MR) is 86.1 cm³/mol. The predicted octanol–water partition coefficient (Wildman–Crippen LogP) is 2.28. The van der Waals surface area contributed by atoms with Crippen LogP contribution in [0.2, 0.25) is 0 Å². The lowest BCUT2D eigenvalue weighted by Gasteiger charge is -2.31. The van der Waals surface area contributed by atoms with E-state index in [1.807, 2.05) is 26.0 Å². The van der Waals surface area contributed by atoms with E-state index in [4.69, 9.17) is 14.2 Å². The van der Waals surface area contributed by atoms with E-state index in [9.17, 15) is 4.79 Å². The van der Waals surface area contributed by atoms with Crippen molar-refractivity contribution in [3.63, 3.8) is 0 Å². The smallest absolute Gasteiger partial charge is 0.221 e. The molecule has 0 saturated carbocycles. The van der Waals surface area contributed by atoms with Gasteiger partial charge in [-0.05, 0) is 13.8 Å². The van der Waals surface area contributed by atoms with Gasteiger partial charge in [-0.25, -0.2) is 0 Å². The number of morpholine rings is 1. The van der Waals surface area contributed by atoms with Crippen LogP contribution in [0.25, 0.3) is 0 Å². The zero-order valence-corrected chi connectivity index (χ0v) is 13.5. The summed E-state index contributed by atoms with van der Waals surface area (Å²) in [6, 6.07) is 3.77. The van der Waals surface area contributed by atoms with Crippen molar-refractivity contribution in [2.45, 2.75) is 20.8 Å². The van der Waals surface area contributed by atoms with Crippen LogP contribution in [0.5, 0.6) is 11.5 Å². The lowest BCUT2D eigenvalue weighted by molar-refractivity contribution is -0.114. The minimum absolute atomic E-state index is 0.137. The molecule has 0 aromatic heterocycles. The third-order valence-electron chi connectivity index (χ3n) is 3.32. The van der Waals surface area contributed by atoms with Crippen LogP contribution in [-0.4, -0.2) is 45.4 Å². The summed E-state index contributed by atoms with van der Waals surface area (Å²) in [6.07, 6.45) is 0. The fourth-order valence-electron chi connectivity index (χ4n) is 2.43. The SMILES string of the molecule is CCOc1cc(N2CCOCC2)c(OCC)cc1NC(C)=O. The summed E-state index contributed by atoms with van der Waals surface area (Å²) in [4.78, 5) is 13.6. The maximum atomic E-state index is 11.4. The summed E-state index contributed by atoms with van der Waals surface area (Å²) >= 11 is 0. The zero-order chi connectivity index (χ0) is 15.9. The number of nitrogens with zero attached hydrogens (tertiary/aromatic N) is 1. The monoisotopic (exact) mass is 308 g/mol. The van der Waals surface area contributed by atoms with Crippen molar-refractivity contribution in [3.8, 4) is 11.5 Å². The molecular formula is C16H24N2O4. The Morgan fingerprint density at radius 3 is 2.41 bits per heavy atom. The topological polar surface area (TPSA) is 60.0 Å². The van der Waals surface area contributed by atoms with Crippen LogP contribution >= 0.6 is 0 Å². The molecule has 2 rings (SSSR count). The molecular weight excluding hydrogens is 284 g/mol. The van der Waals surface area contributed by atoms with E-state index < -0.39 is 0 Å². The van der Waals surface area contributed by atoms with Gasteiger partial charge in [0.1, 0.15) is 11.5 Å². The number of anilines is 2. The van der Waals surface area contributed by atoms with Crippen molar-refractivity contribution in [3.05, 3.63) is 12.1 Å². The van der Waals surface area contributed by atoms with Gasteiger partial charge in [0, 0.05) is 32.1 Å². The van der Waals surface area contributed by atoms with Crippen molar-refractivity contribution >= 4 is 17.3 Å². The van der Waals surface area contributed by atoms with Crippen LogP contribution in [0.15, 0.2) is 12.1 Å². The van der Waals surface area contributed by atoms with Crippen LogP contribution in [0.4, 0.5) is 11.4 Å². The Labute approximate surface area is 131 Å². The number of carbonyl (C=O) groups is 1. The van der Waals surface area contributed by atoms with Gasteiger partial charge in [-0.3, -0.25) is 4.79 Å². The standard InChI is InChI=1S/C16H24N2O4/c1-4-21-15-11-14(18-6-8-20-9-7-18)16(22-5-2)10-13(15)17-12(3)19/h10-11H,4-9H2,1-3H3,(H,17,19). The molecule has 0 bridgehead atoms. The van der Waals surface area contributed by atoms with Crippen molar-refractivity contribution in [2.75, 3.05) is 49.7 Å². The summed E-state index contributed by atoms with van der Waals surface area (Å²) < 4.78 is 16.8. The molecule has 0 spiro atoms. The summed E-state index contributed by atoms with van der Waals surface area (Å²) in [5.41, 5.74) is 1.61. The van der Waals surface area contributed by atoms with Gasteiger partial charge in [0.15, 0.2) is 0 Å². The first-order valence-corrected chi connectivity index (χ1v) is 7.69. The highest BCUT2D eigenvalue weighted by Crippen LogP contribution is 2.39. The van der Waals surface area contributed by atoms with Crippen LogP contribution < -0.4 is 19.7 Å². The van der Waals surface area contributed by atoms with E-state index in [-0.39, 0.29) is 5.91 Å². The Bertz CT molecular complexity index is 513. The molecule has 0 aliphatic carbocycles. The molecule has 0 radical (unpaired) electrons. The maximum Gasteiger partial charge on any atom is 0.221 e. The minimum atomic E-state index is -0.137. The second-order valence-corrected chi connectivity index (χ2v) is 4.96. The molecule has 1 aromatic carbocycles. The van der Waals surface area contributed by atoms with Gasteiger partial charge >= 0.3 is 0 Å². The molecule has 1 N–H and O–H groups in total. The van der Waals surface area contributed by atoms with Crippen LogP contribution in [0.1, 0.15) is 20.8 Å². The van der Waals surface area contributed by atoms with Crippen molar-refractivity contribution in [2.24, 2.45) is 0 Å². The van der Waals surface area contributed by atoms with Gasteiger partial charge in [-0.2, -0.15) is 0 Å². The van der Waals surface area contributed by atoms with E-state index >= 15 is 0 Å². The Morgan fingerprint density at radius 2 is 1.82 bits per heavy atom. The molecule has 122 valence electrons. The van der Waals surface area contributed by atoms with E-state index in [1.165, 1.54) is 6.92 Å². The molecule has 1 aromatic rings. The van der Waals surface area contributed by atoms with Crippen molar-refractivity contribution < 1.29 is 19.0 Å².